The van der Waals surface area contributed by atoms with Crippen LogP contribution >= 0.6 is 0 Å². The zero-order valence-corrected chi connectivity index (χ0v) is 16.9. The number of hydrogen-bond donors (Lipinski definition) is 1. The lowest BCUT2D eigenvalue weighted by atomic mass is 9.73. The molecule has 1 aromatic rings. The van der Waals surface area contributed by atoms with Gasteiger partial charge in [-0.1, -0.05) is 49.6 Å². The first-order valence-electron chi connectivity index (χ1n) is 10.5. The molecule has 1 spiro atoms. The number of carbonyl (C=O) groups is 1. The molecular weight excluding hydrogens is 362 g/mol. The molecule has 27 heavy (non-hydrogen) atoms. The summed E-state index contributed by atoms with van der Waals surface area (Å²) in [7, 11) is 0. The van der Waals surface area contributed by atoms with Gasteiger partial charge >= 0.3 is 5.97 Å². The van der Waals surface area contributed by atoms with E-state index < -0.39 is 11.6 Å². The second-order valence-corrected chi connectivity index (χ2v) is 8.69. The van der Waals surface area contributed by atoms with E-state index in [0.717, 1.165) is 49.7 Å². The molecular formula is C22H32ClNO3. The van der Waals surface area contributed by atoms with Crippen LogP contribution in [0.4, 0.5) is 0 Å². The summed E-state index contributed by atoms with van der Waals surface area (Å²) in [5, 5.41) is 11.6. The van der Waals surface area contributed by atoms with E-state index >= 15 is 0 Å². The lowest BCUT2D eigenvalue weighted by Crippen LogP contribution is -3.00. The summed E-state index contributed by atoms with van der Waals surface area (Å²) in [6.07, 6.45) is 8.61. The van der Waals surface area contributed by atoms with Gasteiger partial charge in [0, 0.05) is 25.2 Å². The first-order valence-corrected chi connectivity index (χ1v) is 10.5. The van der Waals surface area contributed by atoms with Crippen LogP contribution in [0.15, 0.2) is 30.3 Å². The molecule has 0 radical (unpaired) electrons. The number of hydrogen-bond acceptors (Lipinski definition) is 3. The van der Waals surface area contributed by atoms with Crippen molar-refractivity contribution in [1.29, 1.82) is 0 Å². The van der Waals surface area contributed by atoms with E-state index in [-0.39, 0.29) is 24.4 Å². The molecule has 3 aliphatic rings. The number of quaternary nitrogens is 1. The number of carbonyl (C=O) groups excluding carboxylic acids is 1. The van der Waals surface area contributed by atoms with E-state index in [4.69, 9.17) is 4.74 Å². The topological polar surface area (TPSA) is 46.5 Å². The first kappa shape index (κ1) is 20.6. The van der Waals surface area contributed by atoms with Crippen molar-refractivity contribution in [1.82, 2.24) is 0 Å². The van der Waals surface area contributed by atoms with Crippen LogP contribution in [0.5, 0.6) is 0 Å². The molecule has 2 unspecified atom stereocenters. The molecule has 4 rings (SSSR count). The van der Waals surface area contributed by atoms with Gasteiger partial charge in [-0.25, -0.2) is 4.79 Å². The Balaban J connectivity index is 0.00000210. The third-order valence-corrected chi connectivity index (χ3v) is 7.03. The number of rotatable bonds is 4. The molecule has 0 bridgehead atoms. The maximum Gasteiger partial charge on any atom is 0.343 e. The normalized spacial score (nSPS) is 27.1. The molecule has 2 aliphatic heterocycles. The SMILES string of the molecule is O=C(OC1CC[N+]2(CCCC2)C1)C(O)(c1ccccc1)C1CCCCC1.[Cl-]. The zero-order chi connectivity index (χ0) is 18.0. The van der Waals surface area contributed by atoms with Gasteiger partial charge in [0.05, 0.1) is 19.6 Å². The Labute approximate surface area is 168 Å². The van der Waals surface area contributed by atoms with E-state index in [9.17, 15) is 9.90 Å². The Morgan fingerprint density at radius 3 is 2.30 bits per heavy atom. The van der Waals surface area contributed by atoms with Crippen molar-refractivity contribution in [2.24, 2.45) is 5.92 Å². The van der Waals surface area contributed by atoms with Gasteiger partial charge in [-0.15, -0.1) is 0 Å². The van der Waals surface area contributed by atoms with Crippen molar-refractivity contribution in [2.45, 2.75) is 63.1 Å². The van der Waals surface area contributed by atoms with Gasteiger partial charge in [0.1, 0.15) is 6.54 Å². The minimum absolute atomic E-state index is 0. The largest absolute Gasteiger partial charge is 1.00 e. The van der Waals surface area contributed by atoms with Crippen LogP contribution in [0.2, 0.25) is 0 Å². The molecule has 2 heterocycles. The molecule has 0 aromatic heterocycles. The summed E-state index contributed by atoms with van der Waals surface area (Å²) in [6, 6.07) is 9.47. The van der Waals surface area contributed by atoms with Crippen LogP contribution in [0.3, 0.4) is 0 Å². The number of benzene rings is 1. The van der Waals surface area contributed by atoms with Crippen molar-refractivity contribution in [2.75, 3.05) is 26.2 Å². The predicted octanol–water partition coefficient (Wildman–Crippen LogP) is 0.385. The second-order valence-electron chi connectivity index (χ2n) is 8.69. The lowest BCUT2D eigenvalue weighted by molar-refractivity contribution is -0.906. The van der Waals surface area contributed by atoms with Crippen molar-refractivity contribution < 1.29 is 31.5 Å². The Hall–Kier alpha value is -1.10. The van der Waals surface area contributed by atoms with Crippen LogP contribution in [0.25, 0.3) is 0 Å². The minimum Gasteiger partial charge on any atom is -1.00 e. The van der Waals surface area contributed by atoms with Gasteiger partial charge in [-0.2, -0.15) is 0 Å². The molecule has 3 fully saturated rings. The highest BCUT2D eigenvalue weighted by molar-refractivity contribution is 5.81. The van der Waals surface area contributed by atoms with Crippen LogP contribution in [-0.2, 0) is 15.1 Å². The number of esters is 1. The van der Waals surface area contributed by atoms with Crippen molar-refractivity contribution >= 4 is 5.97 Å². The van der Waals surface area contributed by atoms with E-state index in [1.807, 2.05) is 30.3 Å². The first-order chi connectivity index (χ1) is 12.6. The Bertz CT molecular complexity index is 626. The third-order valence-electron chi connectivity index (χ3n) is 7.03. The molecule has 150 valence electrons. The average molecular weight is 394 g/mol. The monoisotopic (exact) mass is 393 g/mol. The number of aliphatic hydroxyl groups is 1. The minimum atomic E-state index is -1.50. The number of nitrogens with zero attached hydrogens (tertiary/aromatic N) is 1. The van der Waals surface area contributed by atoms with Gasteiger partial charge < -0.3 is 26.7 Å². The average Bonchev–Trinajstić information content (AvgIpc) is 3.32. The number of halogens is 1. The molecule has 1 aromatic carbocycles. The highest BCUT2D eigenvalue weighted by Gasteiger charge is 2.50. The fourth-order valence-corrected chi connectivity index (χ4v) is 5.52. The Morgan fingerprint density at radius 1 is 0.963 bits per heavy atom. The van der Waals surface area contributed by atoms with E-state index in [0.29, 0.717) is 5.56 Å². The molecule has 0 amide bonds. The van der Waals surface area contributed by atoms with Crippen molar-refractivity contribution in [3.05, 3.63) is 35.9 Å². The summed E-state index contributed by atoms with van der Waals surface area (Å²) in [4.78, 5) is 13.2. The summed E-state index contributed by atoms with van der Waals surface area (Å²) in [6.45, 7) is 4.49. The van der Waals surface area contributed by atoms with Gasteiger partial charge in [0.15, 0.2) is 11.7 Å². The Kier molecular flexibility index (Phi) is 6.50. The highest BCUT2D eigenvalue weighted by Crippen LogP contribution is 2.41. The van der Waals surface area contributed by atoms with Gasteiger partial charge in [-0.05, 0) is 18.4 Å². The molecule has 2 atom stereocenters. The number of ether oxygens (including phenoxy) is 1. The van der Waals surface area contributed by atoms with Crippen molar-refractivity contribution in [3.8, 4) is 0 Å². The smallest absolute Gasteiger partial charge is 0.343 e. The quantitative estimate of drug-likeness (QED) is 0.594. The molecule has 2 saturated heterocycles. The summed E-state index contributed by atoms with van der Waals surface area (Å²) in [5.74, 6) is -0.456. The van der Waals surface area contributed by atoms with Crippen LogP contribution in [0, 0.1) is 5.92 Å². The molecule has 1 N–H and O–H groups in total. The maximum atomic E-state index is 13.2. The highest BCUT2D eigenvalue weighted by atomic mass is 35.5. The van der Waals surface area contributed by atoms with Gasteiger partial charge in [0.2, 0.25) is 0 Å². The van der Waals surface area contributed by atoms with E-state index in [1.54, 1.807) is 0 Å². The summed E-state index contributed by atoms with van der Waals surface area (Å²) >= 11 is 0. The summed E-state index contributed by atoms with van der Waals surface area (Å²) < 4.78 is 7.08. The molecule has 5 heteroatoms. The zero-order valence-electron chi connectivity index (χ0n) is 16.1. The second kappa shape index (κ2) is 8.50. The summed E-state index contributed by atoms with van der Waals surface area (Å²) in [5.41, 5.74) is -0.805. The van der Waals surface area contributed by atoms with E-state index in [2.05, 4.69) is 0 Å². The van der Waals surface area contributed by atoms with Crippen molar-refractivity contribution in [3.63, 3.8) is 0 Å². The Morgan fingerprint density at radius 2 is 1.63 bits per heavy atom. The van der Waals surface area contributed by atoms with E-state index in [1.165, 1.54) is 32.4 Å². The van der Waals surface area contributed by atoms with Crippen LogP contribution < -0.4 is 12.4 Å². The molecule has 4 nitrogen and oxygen atoms in total. The standard InChI is InChI=1S/C22H32NO3.ClH/c24-21(26-20-13-16-23(17-20)14-7-8-15-23)22(25,18-9-3-1-4-10-18)19-11-5-2-6-12-19;/h1,3-4,9-10,19-20,25H,2,5-8,11-17H2;1H/q+1;/p-1. The predicted molar refractivity (Wildman–Crippen MR) is 100 cm³/mol. The maximum absolute atomic E-state index is 13.2. The van der Waals surface area contributed by atoms with Gasteiger partial charge in [0.25, 0.3) is 0 Å². The fraction of sp³-hybridized carbons (Fsp3) is 0.682. The molecule has 1 aliphatic carbocycles. The van der Waals surface area contributed by atoms with Gasteiger partial charge in [-0.3, -0.25) is 0 Å². The lowest BCUT2D eigenvalue weighted by Gasteiger charge is -2.37. The molecule has 1 saturated carbocycles. The van der Waals surface area contributed by atoms with Crippen LogP contribution in [-0.4, -0.2) is 47.8 Å². The van der Waals surface area contributed by atoms with Crippen LogP contribution in [0.1, 0.15) is 56.9 Å². The third kappa shape index (κ3) is 4.03. The fourth-order valence-electron chi connectivity index (χ4n) is 5.52.